The Kier molecular flexibility index (Phi) is 7.42. The first-order chi connectivity index (χ1) is 17.5. The maximum Gasteiger partial charge on any atom is 0.421 e. The summed E-state index contributed by atoms with van der Waals surface area (Å²) in [5, 5.41) is 13.1. The molecule has 210 valence electrons. The van der Waals surface area contributed by atoms with Gasteiger partial charge in [0.15, 0.2) is 5.60 Å². The summed E-state index contributed by atoms with van der Waals surface area (Å²) in [4.78, 5) is 24.4. The number of aliphatic hydroxyl groups is 1. The number of sulfonamides is 1. The van der Waals surface area contributed by atoms with E-state index in [4.69, 9.17) is 5.73 Å². The molecule has 2 aliphatic heterocycles. The highest BCUT2D eigenvalue weighted by molar-refractivity contribution is 7.91. The van der Waals surface area contributed by atoms with Crippen molar-refractivity contribution in [1.29, 1.82) is 0 Å². The van der Waals surface area contributed by atoms with Gasteiger partial charge < -0.3 is 21.1 Å². The number of halogens is 3. The maximum absolute atomic E-state index is 13.3. The number of nitrogens with zero attached hydrogens (tertiary/aromatic N) is 5. The van der Waals surface area contributed by atoms with Crippen LogP contribution in [0.25, 0.3) is 0 Å². The Hall–Kier alpha value is -2.53. The van der Waals surface area contributed by atoms with Crippen LogP contribution in [0.2, 0.25) is 0 Å². The Labute approximate surface area is 222 Å². The number of anilines is 2. The molecule has 2 atom stereocenters. The molecule has 2 aromatic heterocycles. The van der Waals surface area contributed by atoms with E-state index in [2.05, 4.69) is 15.3 Å². The molecule has 2 fully saturated rings. The fraction of sp³-hybridized carbons (Fsp3) is 0.591. The molecule has 0 bridgehead atoms. The zero-order chi connectivity index (χ0) is 28.1. The van der Waals surface area contributed by atoms with Crippen molar-refractivity contribution in [3.8, 4) is 0 Å². The highest BCUT2D eigenvalue weighted by Crippen LogP contribution is 2.38. The second-order valence-corrected chi connectivity index (χ2v) is 13.2. The van der Waals surface area contributed by atoms with E-state index in [-0.39, 0.29) is 42.2 Å². The monoisotopic (exact) mass is 577 g/mol. The predicted octanol–water partition coefficient (Wildman–Crippen LogP) is 0.980. The number of nitrogens with two attached hydrogens (primary N) is 1. The fourth-order valence-electron chi connectivity index (χ4n) is 4.47. The van der Waals surface area contributed by atoms with Crippen LogP contribution in [0.1, 0.15) is 26.3 Å². The molecule has 2 aliphatic rings. The third-order valence-corrected chi connectivity index (χ3v) is 10.3. The summed E-state index contributed by atoms with van der Waals surface area (Å²) in [7, 11) is -3.85. The zero-order valence-electron chi connectivity index (χ0n) is 21.1. The van der Waals surface area contributed by atoms with Crippen molar-refractivity contribution >= 4 is 38.2 Å². The second kappa shape index (κ2) is 9.89. The molecular weight excluding hydrogens is 547 g/mol. The number of rotatable bonds is 6. The van der Waals surface area contributed by atoms with Crippen molar-refractivity contribution in [2.24, 2.45) is 0 Å². The molecule has 11 nitrogen and oxygen atoms in total. The van der Waals surface area contributed by atoms with E-state index in [0.717, 1.165) is 23.7 Å². The molecule has 16 heteroatoms. The molecule has 0 aromatic carbocycles. The highest BCUT2D eigenvalue weighted by atomic mass is 32.2. The molecule has 0 radical (unpaired) electrons. The van der Waals surface area contributed by atoms with Crippen LogP contribution in [0.4, 0.5) is 24.1 Å². The largest absolute Gasteiger partial charge is 0.421 e. The van der Waals surface area contributed by atoms with Gasteiger partial charge in [0.1, 0.15) is 4.21 Å². The number of carbonyl (C=O) groups excluding carboxylic acids is 1. The van der Waals surface area contributed by atoms with Gasteiger partial charge in [-0.25, -0.2) is 18.4 Å². The fourth-order valence-corrected chi connectivity index (χ4v) is 7.18. The van der Waals surface area contributed by atoms with Gasteiger partial charge in [0.2, 0.25) is 11.9 Å². The van der Waals surface area contributed by atoms with Crippen molar-refractivity contribution in [3.05, 3.63) is 30.1 Å². The second-order valence-electron chi connectivity index (χ2n) is 9.97. The van der Waals surface area contributed by atoms with Crippen LogP contribution in [-0.4, -0.2) is 95.6 Å². The lowest BCUT2D eigenvalue weighted by molar-refractivity contribution is -0.259. The molecule has 38 heavy (non-hydrogen) atoms. The van der Waals surface area contributed by atoms with Crippen LogP contribution in [0.15, 0.2) is 28.7 Å². The van der Waals surface area contributed by atoms with Gasteiger partial charge in [-0.2, -0.15) is 17.5 Å². The third-order valence-electron chi connectivity index (χ3n) is 7.10. The highest BCUT2D eigenvalue weighted by Gasteiger charge is 2.52. The molecule has 0 spiro atoms. The summed E-state index contributed by atoms with van der Waals surface area (Å²) in [6.07, 6.45) is -3.09. The Bertz CT molecular complexity index is 1280. The first-order valence-electron chi connectivity index (χ1n) is 11.8. The van der Waals surface area contributed by atoms with Gasteiger partial charge in [-0.1, -0.05) is 0 Å². The van der Waals surface area contributed by atoms with Crippen LogP contribution < -0.4 is 16.0 Å². The van der Waals surface area contributed by atoms with E-state index in [9.17, 15) is 31.5 Å². The average Bonchev–Trinajstić information content (AvgIpc) is 3.29. The van der Waals surface area contributed by atoms with Gasteiger partial charge >= 0.3 is 6.18 Å². The SMILES string of the molecule is CC1(C)C(=O)NCCN1C[C@H]1CN(S(=O)(=O)c2ccc(N)s2)CCN1c1ncc(C(C)(O)C(F)(F)F)cn1. The van der Waals surface area contributed by atoms with Crippen LogP contribution in [0.3, 0.4) is 0 Å². The minimum Gasteiger partial charge on any atom is -0.391 e. The zero-order valence-corrected chi connectivity index (χ0v) is 22.7. The lowest BCUT2D eigenvalue weighted by Gasteiger charge is -2.47. The van der Waals surface area contributed by atoms with Crippen molar-refractivity contribution in [2.75, 3.05) is 49.9 Å². The number of hydrogen-bond donors (Lipinski definition) is 3. The number of nitrogen functional groups attached to an aromatic ring is 1. The van der Waals surface area contributed by atoms with Crippen molar-refractivity contribution in [2.45, 2.75) is 48.3 Å². The number of piperazine rings is 2. The molecule has 2 aromatic rings. The Balaban J connectivity index is 1.65. The first kappa shape index (κ1) is 28.5. The van der Waals surface area contributed by atoms with Crippen LogP contribution in [-0.2, 0) is 20.4 Å². The maximum atomic E-state index is 13.3. The van der Waals surface area contributed by atoms with E-state index in [1.54, 1.807) is 18.7 Å². The van der Waals surface area contributed by atoms with Gasteiger partial charge in [-0.15, -0.1) is 11.3 Å². The number of carbonyl (C=O) groups is 1. The molecule has 0 aliphatic carbocycles. The number of alkyl halides is 3. The number of nitrogens with one attached hydrogen (secondary N) is 1. The van der Waals surface area contributed by atoms with Crippen molar-refractivity contribution in [3.63, 3.8) is 0 Å². The molecule has 4 rings (SSSR count). The van der Waals surface area contributed by atoms with Crippen LogP contribution >= 0.6 is 11.3 Å². The summed E-state index contributed by atoms with van der Waals surface area (Å²) in [6, 6.07) is 2.43. The van der Waals surface area contributed by atoms with Gasteiger partial charge in [0.25, 0.3) is 10.0 Å². The van der Waals surface area contributed by atoms with E-state index < -0.39 is 38.9 Å². The molecule has 0 saturated carbocycles. The number of aromatic nitrogens is 2. The first-order valence-corrected chi connectivity index (χ1v) is 14.1. The summed E-state index contributed by atoms with van der Waals surface area (Å²) >= 11 is 0.959. The van der Waals surface area contributed by atoms with Gasteiger partial charge in [-0.05, 0) is 32.9 Å². The molecule has 4 N–H and O–H groups in total. The Morgan fingerprint density at radius 3 is 2.45 bits per heavy atom. The number of amides is 1. The molecule has 1 amide bonds. The minimum atomic E-state index is -4.92. The van der Waals surface area contributed by atoms with E-state index >= 15 is 0 Å². The lowest BCUT2D eigenvalue weighted by Crippen LogP contribution is -2.66. The topological polar surface area (TPSA) is 145 Å². The molecular formula is C22H30F3N7O4S2. The summed E-state index contributed by atoms with van der Waals surface area (Å²) in [5.74, 6) is -0.0759. The standard InChI is InChI=1S/C22H30F3N7O4S2/c1-20(2)18(33)27-6-7-30(20)12-15-13-31(38(35,36)17-5-4-16(26)37-17)8-9-32(15)19-28-10-14(11-29-19)21(3,34)22(23,24)25/h4-5,10-11,15,34H,6-9,12-13,26H2,1-3H3,(H,27,33)/t15-,21?/m0/s1. The molecule has 4 heterocycles. The summed E-state index contributed by atoms with van der Waals surface area (Å²) < 4.78 is 67.9. The van der Waals surface area contributed by atoms with Crippen molar-refractivity contribution < 1.29 is 31.5 Å². The van der Waals surface area contributed by atoms with Gasteiger partial charge in [0.05, 0.1) is 16.6 Å². The van der Waals surface area contributed by atoms with Gasteiger partial charge in [0, 0.05) is 57.2 Å². The van der Waals surface area contributed by atoms with Crippen molar-refractivity contribution in [1.82, 2.24) is 24.5 Å². The lowest BCUT2D eigenvalue weighted by atomic mass is 9.97. The smallest absolute Gasteiger partial charge is 0.391 e. The van der Waals surface area contributed by atoms with Gasteiger partial charge in [-0.3, -0.25) is 9.69 Å². The third kappa shape index (κ3) is 5.19. The van der Waals surface area contributed by atoms with E-state index in [1.807, 2.05) is 4.90 Å². The molecule has 2 saturated heterocycles. The Morgan fingerprint density at radius 1 is 1.21 bits per heavy atom. The van der Waals surface area contributed by atoms with Crippen LogP contribution in [0, 0.1) is 0 Å². The normalized spacial score (nSPS) is 23.2. The quantitative estimate of drug-likeness (QED) is 0.458. The molecule has 1 unspecified atom stereocenters. The van der Waals surface area contributed by atoms with E-state index in [0.29, 0.717) is 25.0 Å². The predicted molar refractivity (Wildman–Crippen MR) is 135 cm³/mol. The van der Waals surface area contributed by atoms with Crippen LogP contribution in [0.5, 0.6) is 0 Å². The summed E-state index contributed by atoms with van der Waals surface area (Å²) in [6.45, 7) is 5.62. The average molecular weight is 578 g/mol. The number of thiophene rings is 1. The summed E-state index contributed by atoms with van der Waals surface area (Å²) in [5.41, 5.74) is 1.22. The number of hydrogen-bond acceptors (Lipinski definition) is 10. The van der Waals surface area contributed by atoms with E-state index in [1.165, 1.54) is 16.4 Å². The minimum absolute atomic E-state index is 0.0275. The Morgan fingerprint density at radius 2 is 1.87 bits per heavy atom.